The fourth-order valence-electron chi connectivity index (χ4n) is 1.67. The average molecular weight is 289 g/mol. The van der Waals surface area contributed by atoms with Crippen LogP contribution in [0.3, 0.4) is 0 Å². The minimum absolute atomic E-state index is 0.0812. The first-order valence-electron chi connectivity index (χ1n) is 6.65. The Bertz CT molecular complexity index is 537. The van der Waals surface area contributed by atoms with Crippen LogP contribution in [0.1, 0.15) is 19.8 Å². The number of nitriles is 1. The molecular formula is C15H19N3O3. The quantitative estimate of drug-likeness (QED) is 0.829. The molecular weight excluding hydrogens is 270 g/mol. The summed E-state index contributed by atoms with van der Waals surface area (Å²) >= 11 is 0. The molecule has 0 heterocycles. The van der Waals surface area contributed by atoms with E-state index < -0.39 is 0 Å². The molecule has 1 aromatic carbocycles. The Hall–Kier alpha value is -2.55. The Kier molecular flexibility index (Phi) is 6.75. The van der Waals surface area contributed by atoms with Gasteiger partial charge in [0, 0.05) is 20.5 Å². The molecule has 0 spiro atoms. The van der Waals surface area contributed by atoms with Gasteiger partial charge in [0.25, 0.3) is 0 Å². The molecule has 0 saturated carbocycles. The lowest BCUT2D eigenvalue weighted by molar-refractivity contribution is -0.130. The van der Waals surface area contributed by atoms with Crippen molar-refractivity contribution in [2.75, 3.05) is 25.5 Å². The van der Waals surface area contributed by atoms with Gasteiger partial charge in [0.2, 0.25) is 11.8 Å². The second-order valence-corrected chi connectivity index (χ2v) is 4.50. The molecule has 1 rings (SSSR count). The van der Waals surface area contributed by atoms with Gasteiger partial charge in [0.15, 0.2) is 0 Å². The Morgan fingerprint density at radius 3 is 2.76 bits per heavy atom. The summed E-state index contributed by atoms with van der Waals surface area (Å²) in [5, 5.41) is 11.1. The van der Waals surface area contributed by atoms with Gasteiger partial charge in [0.1, 0.15) is 5.75 Å². The van der Waals surface area contributed by atoms with Crippen LogP contribution in [0.25, 0.3) is 0 Å². The van der Waals surface area contributed by atoms with Crippen LogP contribution in [0, 0.1) is 11.3 Å². The first-order valence-corrected chi connectivity index (χ1v) is 6.65. The Labute approximate surface area is 124 Å². The normalized spacial score (nSPS) is 9.57. The molecule has 6 heteroatoms. The lowest BCUT2D eigenvalue weighted by atomic mass is 10.3. The van der Waals surface area contributed by atoms with E-state index in [1.165, 1.54) is 11.8 Å². The zero-order valence-electron chi connectivity index (χ0n) is 12.3. The summed E-state index contributed by atoms with van der Waals surface area (Å²) < 4.78 is 5.54. The highest BCUT2D eigenvalue weighted by molar-refractivity contribution is 5.90. The molecule has 21 heavy (non-hydrogen) atoms. The van der Waals surface area contributed by atoms with E-state index in [-0.39, 0.29) is 24.8 Å². The molecule has 1 aromatic rings. The fourth-order valence-corrected chi connectivity index (χ4v) is 1.67. The number of ether oxygens (including phenoxy) is 1. The summed E-state index contributed by atoms with van der Waals surface area (Å²) in [5.74, 6) is 0.265. The van der Waals surface area contributed by atoms with Gasteiger partial charge in [-0.25, -0.2) is 0 Å². The number of para-hydroxylation sites is 2. The molecule has 0 aliphatic rings. The molecule has 0 bridgehead atoms. The molecule has 6 nitrogen and oxygen atoms in total. The van der Waals surface area contributed by atoms with Crippen LogP contribution in [0.4, 0.5) is 5.69 Å². The van der Waals surface area contributed by atoms with Crippen LogP contribution in [-0.2, 0) is 9.59 Å². The molecule has 2 amide bonds. The standard InChI is InChI=1S/C15H19N3O3/c1-12(19)17-13-6-3-4-7-14(13)21-11-8-15(20)18(2)10-5-9-16/h3-4,6-7H,5,8,10-11H2,1-2H3,(H,17,19). The molecule has 0 aliphatic carbocycles. The SMILES string of the molecule is CC(=O)Nc1ccccc1OCCC(=O)N(C)CCC#N. The number of nitrogens with one attached hydrogen (secondary N) is 1. The summed E-state index contributed by atoms with van der Waals surface area (Å²) in [6, 6.07) is 9.04. The number of hydrogen-bond acceptors (Lipinski definition) is 4. The fraction of sp³-hybridized carbons (Fsp3) is 0.400. The molecule has 0 fully saturated rings. The monoisotopic (exact) mass is 289 g/mol. The third kappa shape index (κ3) is 5.95. The van der Waals surface area contributed by atoms with Crippen LogP contribution in [0.2, 0.25) is 0 Å². The minimum Gasteiger partial charge on any atom is -0.491 e. The number of carbonyl (C=O) groups is 2. The van der Waals surface area contributed by atoms with Crippen LogP contribution >= 0.6 is 0 Å². The second-order valence-electron chi connectivity index (χ2n) is 4.50. The Morgan fingerprint density at radius 2 is 2.10 bits per heavy atom. The van der Waals surface area contributed by atoms with Gasteiger partial charge >= 0.3 is 0 Å². The number of carbonyl (C=O) groups excluding carboxylic acids is 2. The lowest BCUT2D eigenvalue weighted by Crippen LogP contribution is -2.28. The molecule has 0 radical (unpaired) electrons. The van der Waals surface area contributed by atoms with Crippen LogP contribution in [-0.4, -0.2) is 36.9 Å². The van der Waals surface area contributed by atoms with Gasteiger partial charge in [-0.05, 0) is 12.1 Å². The number of anilines is 1. The summed E-state index contributed by atoms with van der Waals surface area (Å²) in [6.07, 6.45) is 0.533. The second kappa shape index (κ2) is 8.59. The molecule has 0 unspecified atom stereocenters. The Morgan fingerprint density at radius 1 is 1.38 bits per heavy atom. The van der Waals surface area contributed by atoms with Crippen molar-refractivity contribution >= 4 is 17.5 Å². The summed E-state index contributed by atoms with van der Waals surface area (Å²) in [5.41, 5.74) is 0.579. The maximum absolute atomic E-state index is 11.8. The zero-order chi connectivity index (χ0) is 15.7. The first kappa shape index (κ1) is 16.5. The molecule has 0 atom stereocenters. The van der Waals surface area contributed by atoms with Crippen LogP contribution < -0.4 is 10.1 Å². The van der Waals surface area contributed by atoms with E-state index in [2.05, 4.69) is 5.32 Å². The van der Waals surface area contributed by atoms with Crippen molar-refractivity contribution in [3.63, 3.8) is 0 Å². The van der Waals surface area contributed by atoms with E-state index >= 15 is 0 Å². The third-order valence-electron chi connectivity index (χ3n) is 2.76. The number of nitrogens with zero attached hydrogens (tertiary/aromatic N) is 2. The number of hydrogen-bond donors (Lipinski definition) is 1. The third-order valence-corrected chi connectivity index (χ3v) is 2.76. The van der Waals surface area contributed by atoms with Crippen molar-refractivity contribution < 1.29 is 14.3 Å². The molecule has 0 saturated heterocycles. The van der Waals surface area contributed by atoms with Gasteiger partial charge in [0.05, 0.1) is 31.2 Å². The molecule has 0 aromatic heterocycles. The minimum atomic E-state index is -0.182. The lowest BCUT2D eigenvalue weighted by Gasteiger charge is -2.16. The molecule has 112 valence electrons. The van der Waals surface area contributed by atoms with Crippen LogP contribution in [0.5, 0.6) is 5.75 Å². The van der Waals surface area contributed by atoms with Gasteiger partial charge < -0.3 is 15.0 Å². The van der Waals surface area contributed by atoms with E-state index in [1.807, 2.05) is 6.07 Å². The summed E-state index contributed by atoms with van der Waals surface area (Å²) in [7, 11) is 1.66. The van der Waals surface area contributed by atoms with Crippen LogP contribution in [0.15, 0.2) is 24.3 Å². The van der Waals surface area contributed by atoms with E-state index in [0.29, 0.717) is 24.4 Å². The maximum Gasteiger partial charge on any atom is 0.225 e. The van der Waals surface area contributed by atoms with E-state index in [9.17, 15) is 9.59 Å². The zero-order valence-corrected chi connectivity index (χ0v) is 12.3. The predicted molar refractivity (Wildman–Crippen MR) is 78.7 cm³/mol. The van der Waals surface area contributed by atoms with Gasteiger partial charge in [-0.3, -0.25) is 9.59 Å². The van der Waals surface area contributed by atoms with Crippen molar-refractivity contribution in [2.24, 2.45) is 0 Å². The smallest absolute Gasteiger partial charge is 0.225 e. The first-order chi connectivity index (χ1) is 10.0. The number of benzene rings is 1. The van der Waals surface area contributed by atoms with E-state index in [0.717, 1.165) is 0 Å². The van der Waals surface area contributed by atoms with Gasteiger partial charge in [-0.15, -0.1) is 0 Å². The highest BCUT2D eigenvalue weighted by Gasteiger charge is 2.09. The van der Waals surface area contributed by atoms with E-state index in [4.69, 9.17) is 10.00 Å². The highest BCUT2D eigenvalue weighted by atomic mass is 16.5. The topological polar surface area (TPSA) is 82.4 Å². The Balaban J connectivity index is 2.47. The molecule has 1 N–H and O–H groups in total. The predicted octanol–water partition coefficient (Wildman–Crippen LogP) is 1.79. The molecule has 0 aliphatic heterocycles. The van der Waals surface area contributed by atoms with Crippen molar-refractivity contribution in [2.45, 2.75) is 19.8 Å². The number of amides is 2. The van der Waals surface area contributed by atoms with Crippen molar-refractivity contribution in [1.82, 2.24) is 4.90 Å². The number of rotatable bonds is 7. The van der Waals surface area contributed by atoms with Gasteiger partial charge in [-0.1, -0.05) is 12.1 Å². The largest absolute Gasteiger partial charge is 0.491 e. The summed E-state index contributed by atoms with van der Waals surface area (Å²) in [6.45, 7) is 2.05. The maximum atomic E-state index is 11.8. The van der Waals surface area contributed by atoms with Crippen molar-refractivity contribution in [3.05, 3.63) is 24.3 Å². The average Bonchev–Trinajstić information content (AvgIpc) is 2.45. The van der Waals surface area contributed by atoms with E-state index in [1.54, 1.807) is 31.3 Å². The summed E-state index contributed by atoms with van der Waals surface area (Å²) in [4.78, 5) is 24.4. The van der Waals surface area contributed by atoms with Crippen molar-refractivity contribution in [1.29, 1.82) is 5.26 Å². The highest BCUT2D eigenvalue weighted by Crippen LogP contribution is 2.23. The van der Waals surface area contributed by atoms with Gasteiger partial charge in [-0.2, -0.15) is 5.26 Å². The van der Waals surface area contributed by atoms with Crippen molar-refractivity contribution in [3.8, 4) is 11.8 Å².